The second kappa shape index (κ2) is 10.2. The zero-order valence-electron chi connectivity index (χ0n) is 15.3. The number of rotatable bonds is 8. The summed E-state index contributed by atoms with van der Waals surface area (Å²) in [5, 5.41) is 0. The van der Waals surface area contributed by atoms with Crippen molar-refractivity contribution in [2.75, 3.05) is 32.7 Å². The van der Waals surface area contributed by atoms with Gasteiger partial charge in [0.15, 0.2) is 0 Å². The predicted octanol–water partition coefficient (Wildman–Crippen LogP) is 2.06. The molecule has 5 heteroatoms. The van der Waals surface area contributed by atoms with E-state index in [4.69, 9.17) is 5.73 Å². The number of nitrogens with two attached hydrogens (primary N) is 1. The summed E-state index contributed by atoms with van der Waals surface area (Å²) in [7, 11) is 0. The smallest absolute Gasteiger partial charge is 0.225 e. The van der Waals surface area contributed by atoms with Crippen LogP contribution in [0.1, 0.15) is 38.2 Å². The highest BCUT2D eigenvalue weighted by atomic mass is 16.2. The Kier molecular flexibility index (Phi) is 7.92. The number of hydrogen-bond donors (Lipinski definition) is 1. The van der Waals surface area contributed by atoms with E-state index in [-0.39, 0.29) is 17.7 Å². The van der Waals surface area contributed by atoms with Gasteiger partial charge in [0.1, 0.15) is 0 Å². The lowest BCUT2D eigenvalue weighted by Gasteiger charge is -2.34. The van der Waals surface area contributed by atoms with Crippen LogP contribution in [0.3, 0.4) is 0 Å². The maximum Gasteiger partial charge on any atom is 0.225 e. The van der Waals surface area contributed by atoms with Gasteiger partial charge in [0.25, 0.3) is 0 Å². The van der Waals surface area contributed by atoms with Crippen LogP contribution < -0.4 is 5.73 Å². The molecule has 1 aromatic rings. The molecule has 1 aromatic carbocycles. The number of amides is 2. The molecule has 1 fully saturated rings. The number of piperidine rings is 1. The Morgan fingerprint density at radius 3 is 2.44 bits per heavy atom. The van der Waals surface area contributed by atoms with Crippen molar-refractivity contribution in [2.45, 2.75) is 39.0 Å². The fraction of sp³-hybridized carbons (Fsp3) is 0.600. The Hall–Kier alpha value is -1.88. The van der Waals surface area contributed by atoms with E-state index in [1.807, 2.05) is 34.9 Å². The summed E-state index contributed by atoms with van der Waals surface area (Å²) in [4.78, 5) is 28.7. The number of nitrogens with zero attached hydrogens (tertiary/aromatic N) is 2. The minimum Gasteiger partial charge on any atom is -0.343 e. The first kappa shape index (κ1) is 19.4. The molecule has 2 amide bonds. The number of hydrogen-bond acceptors (Lipinski definition) is 3. The van der Waals surface area contributed by atoms with Gasteiger partial charge in [0.05, 0.1) is 0 Å². The third-order valence-electron chi connectivity index (χ3n) is 4.88. The minimum absolute atomic E-state index is 0.0213. The average molecular weight is 345 g/mol. The van der Waals surface area contributed by atoms with Crippen molar-refractivity contribution >= 4 is 11.8 Å². The van der Waals surface area contributed by atoms with Crippen molar-refractivity contribution in [1.29, 1.82) is 0 Å². The molecule has 1 heterocycles. The first-order valence-corrected chi connectivity index (χ1v) is 9.46. The molecule has 0 aromatic heterocycles. The third kappa shape index (κ3) is 5.85. The van der Waals surface area contributed by atoms with E-state index in [0.29, 0.717) is 39.1 Å². The van der Waals surface area contributed by atoms with Crippen molar-refractivity contribution < 1.29 is 9.59 Å². The summed E-state index contributed by atoms with van der Waals surface area (Å²) in [5.74, 6) is 0.438. The summed E-state index contributed by atoms with van der Waals surface area (Å²) < 4.78 is 0. The summed E-state index contributed by atoms with van der Waals surface area (Å²) >= 11 is 0. The van der Waals surface area contributed by atoms with Crippen molar-refractivity contribution in [3.63, 3.8) is 0 Å². The van der Waals surface area contributed by atoms with E-state index in [9.17, 15) is 9.59 Å². The van der Waals surface area contributed by atoms with E-state index in [0.717, 1.165) is 25.7 Å². The van der Waals surface area contributed by atoms with Crippen LogP contribution in [0, 0.1) is 5.92 Å². The minimum atomic E-state index is 0.0213. The average Bonchev–Trinajstić information content (AvgIpc) is 2.66. The maximum atomic E-state index is 12.9. The van der Waals surface area contributed by atoms with E-state index in [2.05, 4.69) is 12.1 Å². The molecule has 0 saturated carbocycles. The topological polar surface area (TPSA) is 66.6 Å². The van der Waals surface area contributed by atoms with Gasteiger partial charge in [-0.15, -0.1) is 0 Å². The van der Waals surface area contributed by atoms with Crippen LogP contribution in [0.2, 0.25) is 0 Å². The molecule has 2 rings (SSSR count). The maximum absolute atomic E-state index is 12.9. The zero-order chi connectivity index (χ0) is 18.1. The van der Waals surface area contributed by atoms with Crippen molar-refractivity contribution in [1.82, 2.24) is 9.80 Å². The van der Waals surface area contributed by atoms with Crippen LogP contribution in [0.5, 0.6) is 0 Å². The second-order valence-electron chi connectivity index (χ2n) is 6.75. The Balaban J connectivity index is 1.86. The number of benzene rings is 1. The van der Waals surface area contributed by atoms with Gasteiger partial charge in [-0.25, -0.2) is 0 Å². The fourth-order valence-electron chi connectivity index (χ4n) is 3.40. The van der Waals surface area contributed by atoms with E-state index < -0.39 is 0 Å². The van der Waals surface area contributed by atoms with Crippen LogP contribution in [0.4, 0.5) is 0 Å². The molecular weight excluding hydrogens is 314 g/mol. The highest BCUT2D eigenvalue weighted by molar-refractivity contribution is 5.80. The molecule has 1 saturated heterocycles. The van der Waals surface area contributed by atoms with Gasteiger partial charge in [-0.3, -0.25) is 9.59 Å². The lowest BCUT2D eigenvalue weighted by molar-refractivity contribution is -0.140. The molecule has 0 bridgehead atoms. The number of carbonyl (C=O) groups excluding carboxylic acids is 2. The van der Waals surface area contributed by atoms with Gasteiger partial charge in [0, 0.05) is 45.1 Å². The first-order chi connectivity index (χ1) is 12.2. The monoisotopic (exact) mass is 345 g/mol. The van der Waals surface area contributed by atoms with Gasteiger partial charge < -0.3 is 15.5 Å². The van der Waals surface area contributed by atoms with E-state index in [1.165, 1.54) is 5.56 Å². The van der Waals surface area contributed by atoms with Crippen molar-refractivity contribution in [3.8, 4) is 0 Å². The lowest BCUT2D eigenvalue weighted by atomic mass is 9.94. The molecular formula is C20H31N3O2. The third-order valence-corrected chi connectivity index (χ3v) is 4.88. The molecule has 0 spiro atoms. The van der Waals surface area contributed by atoms with Gasteiger partial charge in [0.2, 0.25) is 11.8 Å². The Morgan fingerprint density at radius 2 is 1.84 bits per heavy atom. The Morgan fingerprint density at radius 1 is 1.16 bits per heavy atom. The highest BCUT2D eigenvalue weighted by Crippen LogP contribution is 2.20. The number of likely N-dealkylation sites (tertiary alicyclic amines) is 1. The molecule has 5 nitrogen and oxygen atoms in total. The van der Waals surface area contributed by atoms with Crippen LogP contribution in [0.25, 0.3) is 0 Å². The summed E-state index contributed by atoms with van der Waals surface area (Å²) in [5.41, 5.74) is 6.95. The second-order valence-corrected chi connectivity index (χ2v) is 6.75. The summed E-state index contributed by atoms with van der Waals surface area (Å²) in [6.45, 7) is 5.20. The summed E-state index contributed by atoms with van der Waals surface area (Å²) in [6.07, 6.45) is 3.86. The van der Waals surface area contributed by atoms with Gasteiger partial charge in [-0.05, 0) is 31.2 Å². The van der Waals surface area contributed by atoms with Crippen LogP contribution in [-0.2, 0) is 16.0 Å². The van der Waals surface area contributed by atoms with Gasteiger partial charge in [-0.2, -0.15) is 0 Å². The molecule has 0 aliphatic carbocycles. The molecule has 2 N–H and O–H groups in total. The molecule has 138 valence electrons. The normalized spacial score (nSPS) is 15.2. The van der Waals surface area contributed by atoms with Crippen molar-refractivity contribution in [2.24, 2.45) is 11.7 Å². The lowest BCUT2D eigenvalue weighted by Crippen LogP contribution is -2.46. The van der Waals surface area contributed by atoms with Crippen molar-refractivity contribution in [3.05, 3.63) is 35.9 Å². The molecule has 1 aliphatic heterocycles. The molecule has 1 aliphatic rings. The fourth-order valence-corrected chi connectivity index (χ4v) is 3.40. The standard InChI is InChI=1S/C20H31N3O2/c1-2-6-19(24)22-14-10-18(11-15-22)20(25)23(16-12-21)13-9-17-7-4-3-5-8-17/h3-5,7-8,18H,2,6,9-16,21H2,1H3. The van der Waals surface area contributed by atoms with Gasteiger partial charge >= 0.3 is 0 Å². The molecule has 25 heavy (non-hydrogen) atoms. The molecule has 0 atom stereocenters. The van der Waals surface area contributed by atoms with E-state index >= 15 is 0 Å². The van der Waals surface area contributed by atoms with Crippen LogP contribution in [0.15, 0.2) is 30.3 Å². The molecule has 0 radical (unpaired) electrons. The number of carbonyl (C=O) groups is 2. The largest absolute Gasteiger partial charge is 0.343 e. The van der Waals surface area contributed by atoms with Crippen LogP contribution >= 0.6 is 0 Å². The Labute approximate surface area is 151 Å². The predicted molar refractivity (Wildman–Crippen MR) is 100.0 cm³/mol. The highest BCUT2D eigenvalue weighted by Gasteiger charge is 2.29. The van der Waals surface area contributed by atoms with E-state index in [1.54, 1.807) is 0 Å². The summed E-state index contributed by atoms with van der Waals surface area (Å²) in [6, 6.07) is 10.2. The first-order valence-electron chi connectivity index (χ1n) is 9.46. The quantitative estimate of drug-likeness (QED) is 0.784. The molecule has 0 unspecified atom stereocenters. The van der Waals surface area contributed by atoms with Gasteiger partial charge in [-0.1, -0.05) is 37.3 Å². The zero-order valence-corrected chi connectivity index (χ0v) is 15.3. The Bertz CT molecular complexity index is 539. The van der Waals surface area contributed by atoms with Crippen LogP contribution in [-0.4, -0.2) is 54.3 Å². The SMILES string of the molecule is CCCC(=O)N1CCC(C(=O)N(CCN)CCc2ccccc2)CC1.